The van der Waals surface area contributed by atoms with Gasteiger partial charge in [0.25, 0.3) is 0 Å². The molecule has 0 aromatic heterocycles. The molecule has 0 radical (unpaired) electrons. The lowest BCUT2D eigenvalue weighted by molar-refractivity contribution is -0.389. The van der Waals surface area contributed by atoms with Crippen LogP contribution < -0.4 is 10.6 Å². The molecular formula is C76H138N2O27. The molecule has 0 saturated carbocycles. The highest BCUT2D eigenvalue weighted by Gasteiger charge is 2.57. The zero-order valence-corrected chi connectivity index (χ0v) is 63.1. The first-order valence-electron chi connectivity index (χ1n) is 40.0. The highest BCUT2D eigenvalue weighted by molar-refractivity contribution is 5.76. The zero-order valence-electron chi connectivity index (χ0n) is 63.1. The topological polar surface area (TPSA) is 454 Å². The van der Waals surface area contributed by atoms with Crippen molar-refractivity contribution in [3.63, 3.8) is 0 Å². The number of carbonyl (C=O) groups excluding carboxylic acids is 2. The number of unbranched alkanes of at least 4 members (excludes halogenated alkanes) is 30. The second-order valence-corrected chi connectivity index (χ2v) is 29.6. The maximum Gasteiger partial charge on any atom is 0.220 e. The highest BCUT2D eigenvalue weighted by Crippen LogP contribution is 2.37. The molecule has 5 heterocycles. The van der Waals surface area contributed by atoms with Crippen molar-refractivity contribution in [3.8, 4) is 0 Å². The van der Waals surface area contributed by atoms with Crippen molar-refractivity contribution in [2.24, 2.45) is 0 Å². The first-order chi connectivity index (χ1) is 50.7. The van der Waals surface area contributed by atoms with Crippen molar-refractivity contribution in [3.05, 3.63) is 24.3 Å². The summed E-state index contributed by atoms with van der Waals surface area (Å²) >= 11 is 0. The summed E-state index contributed by atoms with van der Waals surface area (Å²) in [7, 11) is 0. The lowest BCUT2D eigenvalue weighted by Gasteiger charge is -2.50. The normalized spacial score (nSPS) is 34.6. The van der Waals surface area contributed by atoms with Gasteiger partial charge in [0.1, 0.15) is 116 Å². The first-order valence-corrected chi connectivity index (χ1v) is 40.0. The Morgan fingerprint density at radius 1 is 0.390 bits per heavy atom. The van der Waals surface area contributed by atoms with Gasteiger partial charge in [-0.15, -0.1) is 0 Å². The minimum Gasteiger partial charge on any atom is -0.394 e. The third kappa shape index (κ3) is 31.5. The van der Waals surface area contributed by atoms with E-state index in [-0.39, 0.29) is 12.3 Å². The average molecular weight is 1510 g/mol. The van der Waals surface area contributed by atoms with Gasteiger partial charge in [0, 0.05) is 13.3 Å². The molecule has 0 aromatic rings. The van der Waals surface area contributed by atoms with E-state index in [2.05, 4.69) is 36.6 Å². The molecule has 105 heavy (non-hydrogen) atoms. The van der Waals surface area contributed by atoms with Crippen LogP contribution in [0.4, 0.5) is 0 Å². The van der Waals surface area contributed by atoms with Crippen molar-refractivity contribution in [2.45, 2.75) is 412 Å². The number of carbonyl (C=O) groups is 2. The smallest absolute Gasteiger partial charge is 0.220 e. The largest absolute Gasteiger partial charge is 0.394 e. The molecule has 0 aliphatic carbocycles. The summed E-state index contributed by atoms with van der Waals surface area (Å²) in [6.45, 7) is 2.66. The van der Waals surface area contributed by atoms with Gasteiger partial charge in [0.15, 0.2) is 31.5 Å². The van der Waals surface area contributed by atoms with Crippen LogP contribution in [0.15, 0.2) is 24.3 Å². The number of aliphatic hydroxyl groups is 15. The van der Waals surface area contributed by atoms with Crippen LogP contribution in [-0.2, 0) is 57.0 Å². The number of nitrogens with one attached hydrogen (secondary N) is 2. The predicted molar refractivity (Wildman–Crippen MR) is 385 cm³/mol. The van der Waals surface area contributed by atoms with Crippen LogP contribution in [0.5, 0.6) is 0 Å². The van der Waals surface area contributed by atoms with Crippen LogP contribution in [0, 0.1) is 0 Å². The third-order valence-corrected chi connectivity index (χ3v) is 20.8. The van der Waals surface area contributed by atoms with E-state index < -0.39 is 205 Å². The first kappa shape index (κ1) is 93.0. The van der Waals surface area contributed by atoms with Crippen molar-refractivity contribution < 1.29 is 134 Å². The Bertz CT molecular complexity index is 2320. The van der Waals surface area contributed by atoms with E-state index >= 15 is 0 Å². The molecule has 5 rings (SSSR count). The number of ether oxygens (including phenoxy) is 10. The molecular weight excluding hydrogens is 1370 g/mol. The van der Waals surface area contributed by atoms with Gasteiger partial charge in [-0.25, -0.2) is 0 Å². The fraction of sp³-hybridized carbons (Fsp3) is 0.921. The highest BCUT2D eigenvalue weighted by atomic mass is 16.8. The van der Waals surface area contributed by atoms with Gasteiger partial charge in [-0.05, 0) is 51.9 Å². The van der Waals surface area contributed by atoms with Crippen molar-refractivity contribution >= 4 is 11.8 Å². The summed E-state index contributed by atoms with van der Waals surface area (Å²) < 4.78 is 59.2. The minimum absolute atomic E-state index is 0.198. The summed E-state index contributed by atoms with van der Waals surface area (Å²) in [5, 5.41) is 171. The molecule has 5 fully saturated rings. The molecule has 5 saturated heterocycles. The van der Waals surface area contributed by atoms with E-state index in [1.165, 1.54) is 161 Å². The summed E-state index contributed by atoms with van der Waals surface area (Å²) in [5.41, 5.74) is 0. The van der Waals surface area contributed by atoms with E-state index in [4.69, 9.17) is 47.4 Å². The van der Waals surface area contributed by atoms with Crippen LogP contribution in [0.3, 0.4) is 0 Å². The molecule has 614 valence electrons. The molecule has 29 heteroatoms. The second kappa shape index (κ2) is 52.6. The SMILES string of the molecule is CCCCCCCC/C=C\CCCCCCCCCCCCCCCC(=O)N[C@@H](CO[C@@H]1OC(CO)[C@@H](O[C@@H]2OC(CO)[C@H](O[C@@H]3OC(CO)[C@H](O)[C@H](O[C@@H]4OC(CO)[C@H](O)[C@H](O)C4O[C@H]4OC(C)[C@@H](O)C(O)[C@@H]4O)C3NC(C)=O)[C@H](O)C2O)[C@H](O)C1O)[C@H](O)/C=C/CCCCCCCCCCCCC. The number of hydrogen-bond donors (Lipinski definition) is 17. The standard InChI is InChI=1S/C76H138N2O27/c1-5-7-9-11-13-15-17-19-20-21-22-23-24-25-26-27-28-30-32-34-36-38-40-42-56(85)78-50(51(84)41-39-37-35-33-31-29-18-16-14-12-10-8-6-2)47-96-73-66(94)63(91)69(54(45-81)100-73)103-75-67(95)64(92)68(55(46-82)101-75)102-72-57(77-49(4)83)70(60(88)53(44-80)98-72)104-76-71(62(90)59(87)52(43-79)99-76)105-74-65(93)61(89)58(86)48(3)97-74/h19-20,39,41,48,50-55,57-76,79-82,84,86-95H,5-18,21-38,40,42-47H2,1-4H3,(H,77,83)(H,78,85)/b20-19-,41-39+/t48?,50-,51+,52?,53?,54?,55?,57?,58+,59-,60-,61?,62-,63+,64+,65-,66?,67?,68-,69+,70+,71?,72-,73+,74+,75-,76-/m0/s1. The van der Waals surface area contributed by atoms with Crippen LogP contribution in [0.25, 0.3) is 0 Å². The Morgan fingerprint density at radius 2 is 0.762 bits per heavy atom. The van der Waals surface area contributed by atoms with Crippen LogP contribution in [0.1, 0.15) is 246 Å². The maximum absolute atomic E-state index is 13.5. The second-order valence-electron chi connectivity index (χ2n) is 29.6. The van der Waals surface area contributed by atoms with Gasteiger partial charge in [0.2, 0.25) is 11.8 Å². The Hall–Kier alpha value is -2.58. The minimum atomic E-state index is -2.16. The van der Waals surface area contributed by atoms with Gasteiger partial charge in [0.05, 0.1) is 51.3 Å². The fourth-order valence-electron chi connectivity index (χ4n) is 14.3. The van der Waals surface area contributed by atoms with E-state index in [0.29, 0.717) is 12.8 Å². The number of rotatable bonds is 54. The van der Waals surface area contributed by atoms with E-state index in [9.17, 15) is 86.2 Å². The molecule has 17 N–H and O–H groups in total. The van der Waals surface area contributed by atoms with Crippen LogP contribution >= 0.6 is 0 Å². The lowest BCUT2D eigenvalue weighted by atomic mass is 9.94. The summed E-state index contributed by atoms with van der Waals surface area (Å²) in [4.78, 5) is 26.5. The van der Waals surface area contributed by atoms with Gasteiger partial charge in [-0.3, -0.25) is 9.59 Å². The monoisotopic (exact) mass is 1510 g/mol. The Labute approximate surface area is 622 Å². The summed E-state index contributed by atoms with van der Waals surface area (Å²) in [6, 6.07) is -2.77. The Balaban J connectivity index is 1.15. The van der Waals surface area contributed by atoms with Crippen molar-refractivity contribution in [1.29, 1.82) is 0 Å². The number of amides is 2. The van der Waals surface area contributed by atoms with E-state index in [0.717, 1.165) is 51.9 Å². The lowest BCUT2D eigenvalue weighted by Crippen LogP contribution is -2.70. The van der Waals surface area contributed by atoms with Gasteiger partial charge < -0.3 is 135 Å². The molecule has 10 unspecified atom stereocenters. The van der Waals surface area contributed by atoms with Crippen molar-refractivity contribution in [1.82, 2.24) is 10.6 Å². The number of hydrogen-bond acceptors (Lipinski definition) is 27. The van der Waals surface area contributed by atoms with Crippen molar-refractivity contribution in [2.75, 3.05) is 33.0 Å². The Morgan fingerprint density at radius 3 is 1.25 bits per heavy atom. The molecule has 0 aromatic carbocycles. The molecule has 27 atom stereocenters. The molecule has 0 bridgehead atoms. The van der Waals surface area contributed by atoms with E-state index in [1.807, 2.05) is 6.08 Å². The quantitative estimate of drug-likeness (QED) is 0.0306. The molecule has 29 nitrogen and oxygen atoms in total. The van der Waals surface area contributed by atoms with Crippen LogP contribution in [0.2, 0.25) is 0 Å². The van der Waals surface area contributed by atoms with Gasteiger partial charge >= 0.3 is 0 Å². The molecule has 0 spiro atoms. The summed E-state index contributed by atoms with van der Waals surface area (Å²) in [5.74, 6) is -1.13. The number of allylic oxidation sites excluding steroid dienone is 3. The third-order valence-electron chi connectivity index (χ3n) is 20.8. The van der Waals surface area contributed by atoms with Crippen LogP contribution in [-0.4, -0.2) is 287 Å². The number of aliphatic hydroxyl groups excluding tert-OH is 15. The molecule has 2 amide bonds. The molecule has 5 aliphatic heterocycles. The average Bonchev–Trinajstić information content (AvgIpc) is 0.770. The maximum atomic E-state index is 13.5. The fourth-order valence-corrected chi connectivity index (χ4v) is 14.3. The zero-order chi connectivity index (χ0) is 76.6. The van der Waals surface area contributed by atoms with Gasteiger partial charge in [-0.1, -0.05) is 205 Å². The Kier molecular flexibility index (Phi) is 46.6. The summed E-state index contributed by atoms with van der Waals surface area (Å²) in [6.07, 6.45) is 2.36. The molecule has 5 aliphatic rings. The predicted octanol–water partition coefficient (Wildman–Crippen LogP) is 3.53. The van der Waals surface area contributed by atoms with E-state index in [1.54, 1.807) is 6.08 Å². The van der Waals surface area contributed by atoms with Gasteiger partial charge in [-0.2, -0.15) is 0 Å².